The molecule has 0 atom stereocenters. The third-order valence-electron chi connectivity index (χ3n) is 1.73. The monoisotopic (exact) mass is 231 g/mol. The average molecular weight is 231 g/mol. The van der Waals surface area contributed by atoms with E-state index in [1.54, 1.807) is 0 Å². The highest BCUT2D eigenvalue weighted by atomic mass is 32.1. The zero-order chi connectivity index (χ0) is 11.8. The molecule has 4 nitrogen and oxygen atoms in total. The summed E-state index contributed by atoms with van der Waals surface area (Å²) in [6.45, 7) is 3.71. The maximum absolute atomic E-state index is 13.3. The van der Waals surface area contributed by atoms with Gasteiger partial charge in [0.2, 0.25) is 5.78 Å². The number of hydrogen-bond donors (Lipinski definition) is 1. The molecule has 0 aliphatic rings. The molecule has 0 fully saturated rings. The van der Waals surface area contributed by atoms with E-state index < -0.39 is 17.4 Å². The number of halogens is 1. The number of carboxylic acid groups (broad SMARTS) is 1. The number of Topliss-reactive ketones (excluding diaryl/α,β-unsaturated/α-hetero) is 1. The Labute approximate surface area is 89.8 Å². The fourth-order valence-electron chi connectivity index (χ4n) is 0.946. The van der Waals surface area contributed by atoms with E-state index >= 15 is 0 Å². The number of aromatic carboxylic acids is 1. The highest BCUT2D eigenvalue weighted by Gasteiger charge is 2.31. The first kappa shape index (κ1) is 11.8. The van der Waals surface area contributed by atoms with Gasteiger partial charge >= 0.3 is 5.97 Å². The molecule has 0 unspecified atom stereocenters. The zero-order valence-electron chi connectivity index (χ0n) is 8.50. The molecule has 1 aromatic heterocycles. The molecule has 6 heteroatoms. The van der Waals surface area contributed by atoms with E-state index in [9.17, 15) is 14.0 Å². The topological polar surface area (TPSA) is 67.3 Å². The minimum absolute atomic E-state index is 0.0254. The quantitative estimate of drug-likeness (QED) is 0.809. The molecule has 0 aromatic carbocycles. The molecule has 1 heterocycles. The molecule has 82 valence electrons. The van der Waals surface area contributed by atoms with Gasteiger partial charge in [-0.15, -0.1) is 11.3 Å². The van der Waals surface area contributed by atoms with Crippen LogP contribution in [0.5, 0.6) is 0 Å². The number of hydrogen-bond acceptors (Lipinski definition) is 4. The van der Waals surface area contributed by atoms with Gasteiger partial charge in [-0.25, -0.2) is 14.2 Å². The van der Waals surface area contributed by atoms with Crippen molar-refractivity contribution in [3.8, 4) is 0 Å². The molecule has 0 saturated carbocycles. The van der Waals surface area contributed by atoms with Crippen LogP contribution in [0.1, 0.15) is 39.0 Å². The third-order valence-corrected chi connectivity index (χ3v) is 2.87. The summed E-state index contributed by atoms with van der Waals surface area (Å²) >= 11 is 0.702. The first-order chi connectivity index (χ1) is 6.73. The summed E-state index contributed by atoms with van der Waals surface area (Å²) in [6.07, 6.45) is 0. The second kappa shape index (κ2) is 3.69. The van der Waals surface area contributed by atoms with Crippen LogP contribution >= 0.6 is 11.3 Å². The number of rotatable bonds is 3. The lowest BCUT2D eigenvalue weighted by molar-refractivity contribution is 0.0700. The third kappa shape index (κ3) is 2.38. The van der Waals surface area contributed by atoms with Crippen molar-refractivity contribution in [2.24, 2.45) is 0 Å². The van der Waals surface area contributed by atoms with E-state index in [-0.39, 0.29) is 15.6 Å². The Morgan fingerprint density at radius 1 is 1.47 bits per heavy atom. The maximum atomic E-state index is 13.3. The summed E-state index contributed by atoms with van der Waals surface area (Å²) in [7, 11) is 0. The predicted octanol–water partition coefficient (Wildman–Crippen LogP) is 2.08. The summed E-state index contributed by atoms with van der Waals surface area (Å²) in [5.41, 5.74) is -1.79. The SMILES string of the molecule is Cc1nc(C(=O)C(C)(C)F)sc1C(=O)O. The van der Waals surface area contributed by atoms with Crippen LogP contribution in [0.4, 0.5) is 4.39 Å². The summed E-state index contributed by atoms with van der Waals surface area (Å²) in [5, 5.41) is 8.63. The van der Waals surface area contributed by atoms with Gasteiger partial charge in [0.1, 0.15) is 4.88 Å². The summed E-state index contributed by atoms with van der Waals surface area (Å²) in [4.78, 5) is 25.8. The van der Waals surface area contributed by atoms with Crippen LogP contribution in [0.25, 0.3) is 0 Å². The standard InChI is InChI=1S/C9H10FNO3S/c1-4-5(8(13)14)15-7(11-4)6(12)9(2,3)10/h1-3H3,(H,13,14). The van der Waals surface area contributed by atoms with E-state index in [2.05, 4.69) is 4.98 Å². The minimum Gasteiger partial charge on any atom is -0.477 e. The van der Waals surface area contributed by atoms with Gasteiger partial charge in [0.25, 0.3) is 0 Å². The van der Waals surface area contributed by atoms with Crippen LogP contribution in [0.15, 0.2) is 0 Å². The van der Waals surface area contributed by atoms with Gasteiger partial charge in [-0.3, -0.25) is 4.79 Å². The normalized spacial score (nSPS) is 11.5. The smallest absolute Gasteiger partial charge is 0.347 e. The Hall–Kier alpha value is -1.30. The predicted molar refractivity (Wildman–Crippen MR) is 53.3 cm³/mol. The van der Waals surface area contributed by atoms with Crippen molar-refractivity contribution in [1.82, 2.24) is 4.98 Å². The Morgan fingerprint density at radius 3 is 2.33 bits per heavy atom. The van der Waals surface area contributed by atoms with E-state index in [0.29, 0.717) is 11.3 Å². The van der Waals surface area contributed by atoms with Crippen LogP contribution < -0.4 is 0 Å². The summed E-state index contributed by atoms with van der Waals surface area (Å²) in [5.74, 6) is -1.94. The van der Waals surface area contributed by atoms with Gasteiger partial charge in [-0.05, 0) is 20.8 Å². The van der Waals surface area contributed by atoms with Crippen molar-refractivity contribution < 1.29 is 19.1 Å². The maximum Gasteiger partial charge on any atom is 0.347 e. The van der Waals surface area contributed by atoms with E-state index in [4.69, 9.17) is 5.11 Å². The van der Waals surface area contributed by atoms with Crippen molar-refractivity contribution >= 4 is 23.1 Å². The lowest BCUT2D eigenvalue weighted by Crippen LogP contribution is -2.25. The molecule has 0 aliphatic carbocycles. The molecular weight excluding hydrogens is 221 g/mol. The summed E-state index contributed by atoms with van der Waals surface area (Å²) in [6, 6.07) is 0. The van der Waals surface area contributed by atoms with Crippen LogP contribution in [-0.2, 0) is 0 Å². The molecule has 0 radical (unpaired) electrons. The Kier molecular flexibility index (Phi) is 2.90. The van der Waals surface area contributed by atoms with Crippen molar-refractivity contribution in [2.75, 3.05) is 0 Å². The number of nitrogens with zero attached hydrogens (tertiary/aromatic N) is 1. The highest BCUT2D eigenvalue weighted by Crippen LogP contribution is 2.23. The fourth-order valence-corrected chi connectivity index (χ4v) is 1.94. The van der Waals surface area contributed by atoms with Crippen LogP contribution in [0.3, 0.4) is 0 Å². The number of carbonyl (C=O) groups is 2. The number of aryl methyl sites for hydroxylation is 1. The van der Waals surface area contributed by atoms with Crippen molar-refractivity contribution in [1.29, 1.82) is 0 Å². The van der Waals surface area contributed by atoms with E-state index in [0.717, 1.165) is 13.8 Å². The lowest BCUT2D eigenvalue weighted by Gasteiger charge is -2.08. The number of carboxylic acids is 1. The summed E-state index contributed by atoms with van der Waals surface area (Å²) < 4.78 is 13.3. The van der Waals surface area contributed by atoms with Crippen LogP contribution in [0.2, 0.25) is 0 Å². The lowest BCUT2D eigenvalue weighted by atomic mass is 10.1. The molecule has 0 aliphatic heterocycles. The second-order valence-electron chi connectivity index (χ2n) is 3.54. The van der Waals surface area contributed by atoms with E-state index in [1.807, 2.05) is 0 Å². The molecular formula is C9H10FNO3S. The van der Waals surface area contributed by atoms with Crippen molar-refractivity contribution in [3.63, 3.8) is 0 Å². The van der Waals surface area contributed by atoms with Gasteiger partial charge < -0.3 is 5.11 Å². The largest absolute Gasteiger partial charge is 0.477 e. The number of carbonyl (C=O) groups excluding carboxylic acids is 1. The molecule has 0 saturated heterocycles. The van der Waals surface area contributed by atoms with Gasteiger partial charge in [-0.2, -0.15) is 0 Å². The van der Waals surface area contributed by atoms with Crippen LogP contribution in [0, 0.1) is 6.92 Å². The molecule has 0 bridgehead atoms. The van der Waals surface area contributed by atoms with Crippen molar-refractivity contribution in [2.45, 2.75) is 26.4 Å². The van der Waals surface area contributed by atoms with Crippen LogP contribution in [-0.4, -0.2) is 27.5 Å². The van der Waals surface area contributed by atoms with Gasteiger partial charge in [0.15, 0.2) is 10.7 Å². The average Bonchev–Trinajstić information content (AvgIpc) is 2.44. The Bertz CT molecular complexity index is 419. The highest BCUT2D eigenvalue weighted by molar-refractivity contribution is 7.15. The number of ketones is 1. The zero-order valence-corrected chi connectivity index (χ0v) is 9.31. The number of aromatic nitrogens is 1. The Morgan fingerprint density at radius 2 is 2.00 bits per heavy atom. The number of alkyl halides is 1. The van der Waals surface area contributed by atoms with Gasteiger partial charge in [0, 0.05) is 0 Å². The molecule has 1 aromatic rings. The number of thiazole rings is 1. The van der Waals surface area contributed by atoms with Crippen molar-refractivity contribution in [3.05, 3.63) is 15.6 Å². The molecule has 0 spiro atoms. The minimum atomic E-state index is -2.03. The first-order valence-electron chi connectivity index (χ1n) is 4.18. The molecule has 1 N–H and O–H groups in total. The molecule has 15 heavy (non-hydrogen) atoms. The fraction of sp³-hybridized carbons (Fsp3) is 0.444. The van der Waals surface area contributed by atoms with E-state index in [1.165, 1.54) is 6.92 Å². The Balaban J connectivity index is 3.14. The first-order valence-corrected chi connectivity index (χ1v) is 4.99. The molecule has 0 amide bonds. The van der Waals surface area contributed by atoms with Gasteiger partial charge in [0.05, 0.1) is 5.69 Å². The molecule has 1 rings (SSSR count). The van der Waals surface area contributed by atoms with Gasteiger partial charge in [-0.1, -0.05) is 0 Å². The second-order valence-corrected chi connectivity index (χ2v) is 4.54.